The predicted molar refractivity (Wildman–Crippen MR) is 49.9 cm³/mol. The fourth-order valence-corrected chi connectivity index (χ4v) is 2.66. The van der Waals surface area contributed by atoms with Crippen LogP contribution in [0.15, 0.2) is 0 Å². The van der Waals surface area contributed by atoms with Crippen LogP contribution in [0.4, 0.5) is 8.78 Å². The van der Waals surface area contributed by atoms with E-state index in [4.69, 9.17) is 4.74 Å². The van der Waals surface area contributed by atoms with Gasteiger partial charge in [0.25, 0.3) is 5.66 Å². The molecule has 1 unspecified atom stereocenters. The zero-order chi connectivity index (χ0) is 9.74. The SMILES string of the molecule is CC12CCC(C(F)(F)P)(CC1)OC2. The molecule has 0 aromatic rings. The van der Waals surface area contributed by atoms with Crippen LogP contribution >= 0.6 is 9.24 Å². The summed E-state index contributed by atoms with van der Waals surface area (Å²) in [6, 6.07) is 0. The largest absolute Gasteiger partial charge is 0.368 e. The van der Waals surface area contributed by atoms with Crippen LogP contribution < -0.4 is 0 Å². The molecular weight excluding hydrogens is 193 g/mol. The molecule has 2 aliphatic heterocycles. The third-order valence-corrected chi connectivity index (χ3v) is 4.10. The first-order chi connectivity index (χ1) is 5.87. The van der Waals surface area contributed by atoms with Crippen molar-refractivity contribution in [2.24, 2.45) is 5.41 Å². The van der Waals surface area contributed by atoms with Gasteiger partial charge >= 0.3 is 0 Å². The zero-order valence-electron chi connectivity index (χ0n) is 7.78. The van der Waals surface area contributed by atoms with E-state index >= 15 is 0 Å². The molecule has 3 aliphatic rings. The average Bonchev–Trinajstić information content (AvgIpc) is 2.04. The van der Waals surface area contributed by atoms with Crippen molar-refractivity contribution in [1.82, 2.24) is 0 Å². The molecule has 1 atom stereocenters. The summed E-state index contributed by atoms with van der Waals surface area (Å²) in [6.45, 7) is 2.62. The van der Waals surface area contributed by atoms with Crippen molar-refractivity contribution in [3.63, 3.8) is 0 Å². The average molecular weight is 208 g/mol. The molecule has 13 heavy (non-hydrogen) atoms. The molecule has 3 fully saturated rings. The van der Waals surface area contributed by atoms with Gasteiger partial charge in [-0.3, -0.25) is 0 Å². The number of rotatable bonds is 1. The quantitative estimate of drug-likeness (QED) is 0.602. The van der Waals surface area contributed by atoms with E-state index in [1.165, 1.54) is 0 Å². The highest BCUT2D eigenvalue weighted by Gasteiger charge is 2.58. The minimum atomic E-state index is -2.77. The smallest absolute Gasteiger partial charge is 0.287 e. The van der Waals surface area contributed by atoms with Crippen LogP contribution in [0.2, 0.25) is 0 Å². The molecule has 1 saturated carbocycles. The van der Waals surface area contributed by atoms with Crippen LogP contribution in [0.3, 0.4) is 0 Å². The van der Waals surface area contributed by atoms with E-state index in [0.29, 0.717) is 19.4 Å². The first kappa shape index (κ1) is 9.79. The molecule has 2 heterocycles. The Labute approximate surface area is 79.4 Å². The van der Waals surface area contributed by atoms with Crippen LogP contribution in [0.1, 0.15) is 32.6 Å². The number of halogens is 2. The van der Waals surface area contributed by atoms with Gasteiger partial charge < -0.3 is 4.74 Å². The van der Waals surface area contributed by atoms with Crippen molar-refractivity contribution in [2.45, 2.75) is 43.9 Å². The van der Waals surface area contributed by atoms with Gasteiger partial charge in [-0.25, -0.2) is 0 Å². The maximum absolute atomic E-state index is 13.3. The molecule has 2 bridgehead atoms. The molecule has 2 saturated heterocycles. The van der Waals surface area contributed by atoms with E-state index in [1.54, 1.807) is 9.24 Å². The molecule has 0 aromatic carbocycles. The van der Waals surface area contributed by atoms with E-state index in [0.717, 1.165) is 12.8 Å². The van der Waals surface area contributed by atoms with E-state index in [9.17, 15) is 8.78 Å². The van der Waals surface area contributed by atoms with Crippen LogP contribution in [-0.4, -0.2) is 17.9 Å². The number of hydrogen-bond donors (Lipinski definition) is 0. The third kappa shape index (κ3) is 1.41. The predicted octanol–water partition coefficient (Wildman–Crippen LogP) is 2.80. The molecule has 4 heteroatoms. The summed E-state index contributed by atoms with van der Waals surface area (Å²) >= 11 is 0. The summed E-state index contributed by atoms with van der Waals surface area (Å²) in [5, 5.41) is 0. The Bertz CT molecular complexity index is 200. The lowest BCUT2D eigenvalue weighted by Crippen LogP contribution is -2.57. The van der Waals surface area contributed by atoms with Crippen molar-refractivity contribution in [3.05, 3.63) is 0 Å². The van der Waals surface area contributed by atoms with E-state index in [1.807, 2.05) is 0 Å². The lowest BCUT2D eigenvalue weighted by molar-refractivity contribution is -0.244. The second-order valence-electron chi connectivity index (χ2n) is 4.72. The van der Waals surface area contributed by atoms with E-state index in [2.05, 4.69) is 6.92 Å². The number of alkyl halides is 2. The molecule has 3 rings (SSSR count). The van der Waals surface area contributed by atoms with Gasteiger partial charge in [-0.05, 0) is 31.1 Å². The monoisotopic (exact) mass is 208 g/mol. The van der Waals surface area contributed by atoms with Crippen molar-refractivity contribution >= 4 is 9.24 Å². The summed E-state index contributed by atoms with van der Waals surface area (Å²) in [6.07, 6.45) is 2.74. The summed E-state index contributed by atoms with van der Waals surface area (Å²) in [5.41, 5.74) is -3.78. The van der Waals surface area contributed by atoms with Gasteiger partial charge in [0.15, 0.2) is 0 Å². The summed E-state index contributed by atoms with van der Waals surface area (Å²) < 4.78 is 31.9. The summed E-state index contributed by atoms with van der Waals surface area (Å²) in [4.78, 5) is 0. The molecule has 1 aliphatic carbocycles. The molecule has 76 valence electrons. The standard InChI is InChI=1S/C9H15F2OP/c1-7-2-4-8(5-3-7,12-6-7)9(10,11)13/h2-6,13H2,1H3. The van der Waals surface area contributed by atoms with E-state index in [-0.39, 0.29) is 5.41 Å². The number of fused-ring (bicyclic) bond motifs is 3. The Hall–Kier alpha value is 0.250. The van der Waals surface area contributed by atoms with Gasteiger partial charge in [-0.2, -0.15) is 8.78 Å². The van der Waals surface area contributed by atoms with Gasteiger partial charge in [0, 0.05) is 0 Å². The lowest BCUT2D eigenvalue weighted by Gasteiger charge is -2.53. The first-order valence-electron chi connectivity index (χ1n) is 4.68. The highest BCUT2D eigenvalue weighted by molar-refractivity contribution is 7.18. The maximum atomic E-state index is 13.3. The minimum Gasteiger partial charge on any atom is -0.368 e. The minimum absolute atomic E-state index is 0.164. The summed E-state index contributed by atoms with van der Waals surface area (Å²) in [7, 11) is 1.63. The Kier molecular flexibility index (Phi) is 1.99. The molecule has 1 nitrogen and oxygen atoms in total. The van der Waals surface area contributed by atoms with Crippen molar-refractivity contribution in [2.75, 3.05) is 6.61 Å². The fraction of sp³-hybridized carbons (Fsp3) is 1.00. The second-order valence-corrected chi connectivity index (χ2v) is 5.44. The van der Waals surface area contributed by atoms with Crippen molar-refractivity contribution < 1.29 is 13.5 Å². The molecule has 0 amide bonds. The second kappa shape index (κ2) is 2.64. The summed E-state index contributed by atoms with van der Waals surface area (Å²) in [5.74, 6) is 0. The molecule has 0 N–H and O–H groups in total. The van der Waals surface area contributed by atoms with Gasteiger partial charge in [0.1, 0.15) is 5.60 Å². The van der Waals surface area contributed by atoms with Crippen LogP contribution in [0, 0.1) is 5.41 Å². The molecular formula is C9H15F2OP. The van der Waals surface area contributed by atoms with Gasteiger partial charge in [-0.1, -0.05) is 16.2 Å². The number of ether oxygens (including phenoxy) is 1. The third-order valence-electron chi connectivity index (χ3n) is 3.57. The van der Waals surface area contributed by atoms with Gasteiger partial charge in [0.2, 0.25) is 0 Å². The van der Waals surface area contributed by atoms with Crippen LogP contribution in [0.5, 0.6) is 0 Å². The Balaban J connectivity index is 2.20. The maximum Gasteiger partial charge on any atom is 0.287 e. The highest BCUT2D eigenvalue weighted by atomic mass is 31.0. The van der Waals surface area contributed by atoms with Gasteiger partial charge in [-0.15, -0.1) is 0 Å². The molecule has 0 spiro atoms. The highest BCUT2D eigenvalue weighted by Crippen LogP contribution is 2.56. The normalized spacial score (nSPS) is 45.2. The van der Waals surface area contributed by atoms with E-state index < -0.39 is 11.3 Å². The van der Waals surface area contributed by atoms with Crippen LogP contribution in [0.25, 0.3) is 0 Å². The Morgan fingerprint density at radius 2 is 1.77 bits per heavy atom. The molecule has 0 radical (unpaired) electrons. The lowest BCUT2D eigenvalue weighted by atomic mass is 9.67. The van der Waals surface area contributed by atoms with Crippen LogP contribution in [-0.2, 0) is 4.74 Å². The number of hydrogen-bond acceptors (Lipinski definition) is 1. The first-order valence-corrected chi connectivity index (χ1v) is 5.25. The topological polar surface area (TPSA) is 9.23 Å². The zero-order valence-corrected chi connectivity index (χ0v) is 8.93. The van der Waals surface area contributed by atoms with Gasteiger partial charge in [0.05, 0.1) is 6.61 Å². The Morgan fingerprint density at radius 1 is 1.23 bits per heavy atom. The fourth-order valence-electron chi connectivity index (χ4n) is 2.29. The van der Waals surface area contributed by atoms with Crippen molar-refractivity contribution in [1.29, 1.82) is 0 Å². The van der Waals surface area contributed by atoms with Crippen molar-refractivity contribution in [3.8, 4) is 0 Å². The Morgan fingerprint density at radius 3 is 2.08 bits per heavy atom. The molecule has 0 aromatic heterocycles.